The molecule has 2 aliphatic rings. The number of amides is 1. The minimum absolute atomic E-state index is 0.0339. The molecule has 1 atom stereocenters. The molecule has 1 aromatic carbocycles. The van der Waals surface area contributed by atoms with E-state index in [1.165, 1.54) is 11.1 Å². The van der Waals surface area contributed by atoms with Crippen LogP contribution >= 0.6 is 0 Å². The molecule has 1 amide bonds. The molecular weight excluding hydrogens is 574 g/mol. The number of halogens is 6. The second kappa shape index (κ2) is 14.4. The predicted molar refractivity (Wildman–Crippen MR) is 139 cm³/mol. The summed E-state index contributed by atoms with van der Waals surface area (Å²) in [6, 6.07) is 12.4. The third kappa shape index (κ3) is 9.98. The molecule has 2 heterocycles. The summed E-state index contributed by atoms with van der Waals surface area (Å²) in [7, 11) is 4.27. The highest BCUT2D eigenvalue weighted by molar-refractivity contribution is 5.94. The monoisotopic (exact) mass is 606 g/mol. The van der Waals surface area contributed by atoms with Crippen molar-refractivity contribution in [1.82, 2.24) is 20.1 Å². The van der Waals surface area contributed by atoms with Gasteiger partial charge in [0.2, 0.25) is 0 Å². The molecule has 1 aliphatic carbocycles. The highest BCUT2D eigenvalue weighted by Crippen LogP contribution is 2.50. The molecule has 1 saturated heterocycles. The Morgan fingerprint density at radius 2 is 1.52 bits per heavy atom. The number of aliphatic carboxylic acids is 2. The summed E-state index contributed by atoms with van der Waals surface area (Å²) in [6.45, 7) is 4.50. The van der Waals surface area contributed by atoms with Gasteiger partial charge in [-0.25, -0.2) is 9.59 Å². The van der Waals surface area contributed by atoms with E-state index in [4.69, 9.17) is 19.8 Å². The number of hydrogen-bond acceptors (Lipinski definition) is 6. The number of aromatic nitrogens is 1. The van der Waals surface area contributed by atoms with Crippen LogP contribution < -0.4 is 5.32 Å². The number of benzene rings is 1. The molecular formula is C27H32F6N4O5. The first-order chi connectivity index (χ1) is 19.5. The van der Waals surface area contributed by atoms with Crippen LogP contribution in [0, 0.1) is 0 Å². The fraction of sp³-hybridized carbons (Fsp3) is 0.481. The SMILES string of the molecule is CN(C)CCN1CCC2(CC1)CC(NC(=O)c1cccnc1)c1ccccc12.O=C(O)C(F)(F)F.O=C(O)C(F)(F)F. The Balaban J connectivity index is 0.000000367. The fourth-order valence-electron chi connectivity index (χ4n) is 4.78. The molecule has 2 aromatic rings. The lowest BCUT2D eigenvalue weighted by molar-refractivity contribution is -0.193. The van der Waals surface area contributed by atoms with Gasteiger partial charge in [-0.2, -0.15) is 26.3 Å². The van der Waals surface area contributed by atoms with Crippen molar-refractivity contribution in [1.29, 1.82) is 0 Å². The summed E-state index contributed by atoms with van der Waals surface area (Å²) in [6.07, 6.45) is -3.51. The predicted octanol–water partition coefficient (Wildman–Crippen LogP) is 4.12. The first-order valence-corrected chi connectivity index (χ1v) is 12.7. The van der Waals surface area contributed by atoms with Gasteiger partial charge in [-0.15, -0.1) is 0 Å². The zero-order valence-corrected chi connectivity index (χ0v) is 22.9. The van der Waals surface area contributed by atoms with Gasteiger partial charge < -0.3 is 25.3 Å². The zero-order chi connectivity index (χ0) is 31.7. The number of likely N-dealkylation sites (tertiary alicyclic amines) is 1. The molecule has 1 fully saturated rings. The molecule has 4 rings (SSSR count). The van der Waals surface area contributed by atoms with E-state index < -0.39 is 24.3 Å². The summed E-state index contributed by atoms with van der Waals surface area (Å²) in [5.74, 6) is -5.55. The van der Waals surface area contributed by atoms with Gasteiger partial charge in [0.25, 0.3) is 5.91 Å². The Hall–Kier alpha value is -3.72. The van der Waals surface area contributed by atoms with Crippen molar-refractivity contribution in [3.63, 3.8) is 0 Å². The average molecular weight is 607 g/mol. The zero-order valence-electron chi connectivity index (χ0n) is 22.9. The molecule has 1 aliphatic heterocycles. The van der Waals surface area contributed by atoms with Crippen LogP contribution in [-0.4, -0.2) is 95.5 Å². The third-order valence-corrected chi connectivity index (χ3v) is 6.89. The van der Waals surface area contributed by atoms with E-state index in [0.29, 0.717) is 5.56 Å². The van der Waals surface area contributed by atoms with Gasteiger partial charge >= 0.3 is 24.3 Å². The number of piperidine rings is 1. The van der Waals surface area contributed by atoms with Gasteiger partial charge in [0, 0.05) is 30.9 Å². The highest BCUT2D eigenvalue weighted by Gasteiger charge is 2.45. The maximum absolute atomic E-state index is 12.7. The summed E-state index contributed by atoms with van der Waals surface area (Å²) in [4.78, 5) is 39.4. The number of rotatable bonds is 5. The average Bonchev–Trinajstić information content (AvgIpc) is 3.21. The van der Waals surface area contributed by atoms with Crippen molar-refractivity contribution in [2.45, 2.75) is 43.1 Å². The summed E-state index contributed by atoms with van der Waals surface area (Å²) in [5.41, 5.74) is 3.55. The van der Waals surface area contributed by atoms with Crippen LogP contribution in [0.5, 0.6) is 0 Å². The van der Waals surface area contributed by atoms with Gasteiger partial charge in [0.15, 0.2) is 0 Å². The Morgan fingerprint density at radius 1 is 0.976 bits per heavy atom. The molecule has 1 aromatic heterocycles. The molecule has 9 nitrogen and oxygen atoms in total. The van der Waals surface area contributed by atoms with E-state index in [-0.39, 0.29) is 17.4 Å². The van der Waals surface area contributed by atoms with Crippen LogP contribution in [0.2, 0.25) is 0 Å². The first-order valence-electron chi connectivity index (χ1n) is 12.7. The molecule has 232 valence electrons. The Morgan fingerprint density at radius 3 is 2.00 bits per heavy atom. The van der Waals surface area contributed by atoms with Crippen molar-refractivity contribution in [2.24, 2.45) is 0 Å². The minimum Gasteiger partial charge on any atom is -0.475 e. The van der Waals surface area contributed by atoms with Gasteiger partial charge in [-0.1, -0.05) is 24.3 Å². The molecule has 3 N–H and O–H groups in total. The maximum atomic E-state index is 12.7. The summed E-state index contributed by atoms with van der Waals surface area (Å²) in [5, 5.41) is 17.5. The number of alkyl halides is 6. The second-order valence-electron chi connectivity index (χ2n) is 10.1. The summed E-state index contributed by atoms with van der Waals surface area (Å²) >= 11 is 0. The number of hydrogen-bond donors (Lipinski definition) is 3. The largest absolute Gasteiger partial charge is 0.490 e. The standard InChI is InChI=1S/C23H30N4O.2C2HF3O2/c1-26(2)14-15-27-12-9-23(10-13-27)16-21(19-7-3-4-8-20(19)23)25-22(28)18-6-5-11-24-17-18;2*3-2(4,5)1(6)7/h3-8,11,17,21H,9-10,12-16H2,1-2H3,(H,25,28);2*(H,6,7). The Kier molecular flexibility index (Phi) is 11.9. The Labute approximate surface area is 238 Å². The van der Waals surface area contributed by atoms with Crippen LogP contribution in [0.3, 0.4) is 0 Å². The van der Waals surface area contributed by atoms with E-state index in [9.17, 15) is 31.1 Å². The highest BCUT2D eigenvalue weighted by atomic mass is 19.4. The minimum atomic E-state index is -5.08. The lowest BCUT2D eigenvalue weighted by atomic mass is 9.73. The second-order valence-corrected chi connectivity index (χ2v) is 10.1. The van der Waals surface area contributed by atoms with Crippen molar-refractivity contribution in [3.05, 3.63) is 65.5 Å². The van der Waals surface area contributed by atoms with Gasteiger partial charge in [0.05, 0.1) is 11.6 Å². The van der Waals surface area contributed by atoms with Crippen LogP contribution in [0.15, 0.2) is 48.8 Å². The van der Waals surface area contributed by atoms with Crippen molar-refractivity contribution >= 4 is 17.8 Å². The normalized spacial score (nSPS) is 17.8. The number of carboxylic acid groups (broad SMARTS) is 2. The van der Waals surface area contributed by atoms with Crippen LogP contribution in [0.1, 0.15) is 46.8 Å². The third-order valence-electron chi connectivity index (χ3n) is 6.89. The van der Waals surface area contributed by atoms with Crippen molar-refractivity contribution in [3.8, 4) is 0 Å². The maximum Gasteiger partial charge on any atom is 0.490 e. The van der Waals surface area contributed by atoms with Gasteiger partial charge in [0.1, 0.15) is 0 Å². The number of likely N-dealkylation sites (N-methyl/N-ethyl adjacent to an activating group) is 1. The van der Waals surface area contributed by atoms with Gasteiger partial charge in [-0.3, -0.25) is 9.78 Å². The van der Waals surface area contributed by atoms with E-state index >= 15 is 0 Å². The number of nitrogens with zero attached hydrogens (tertiary/aromatic N) is 3. The number of carboxylic acids is 2. The van der Waals surface area contributed by atoms with Crippen molar-refractivity contribution < 1.29 is 50.9 Å². The van der Waals surface area contributed by atoms with Crippen LogP contribution in [0.4, 0.5) is 26.3 Å². The number of fused-ring (bicyclic) bond motifs is 2. The fourth-order valence-corrected chi connectivity index (χ4v) is 4.78. The molecule has 1 unspecified atom stereocenters. The van der Waals surface area contributed by atoms with Crippen molar-refractivity contribution in [2.75, 3.05) is 40.3 Å². The number of pyridine rings is 1. The van der Waals surface area contributed by atoms with Crippen LogP contribution in [0.25, 0.3) is 0 Å². The first kappa shape index (κ1) is 34.5. The molecule has 42 heavy (non-hydrogen) atoms. The molecule has 1 spiro atoms. The molecule has 15 heteroatoms. The van der Waals surface area contributed by atoms with Crippen LogP contribution in [-0.2, 0) is 15.0 Å². The quantitative estimate of drug-likeness (QED) is 0.435. The lowest BCUT2D eigenvalue weighted by Gasteiger charge is -2.40. The number of nitrogens with one attached hydrogen (secondary N) is 1. The smallest absolute Gasteiger partial charge is 0.475 e. The number of carbonyl (C=O) groups is 3. The van der Waals surface area contributed by atoms with E-state index in [1.54, 1.807) is 12.4 Å². The van der Waals surface area contributed by atoms with E-state index in [1.807, 2.05) is 12.1 Å². The van der Waals surface area contributed by atoms with E-state index in [0.717, 1.165) is 45.4 Å². The van der Waals surface area contributed by atoms with Gasteiger partial charge in [-0.05, 0) is 69.7 Å². The Bertz CT molecular complexity index is 1180. The topological polar surface area (TPSA) is 123 Å². The van der Waals surface area contributed by atoms with E-state index in [2.05, 4.69) is 58.5 Å². The molecule has 0 saturated carbocycles. The summed E-state index contributed by atoms with van der Waals surface area (Å²) < 4.78 is 63.5. The molecule has 0 radical (unpaired) electrons. The number of carbonyl (C=O) groups excluding carboxylic acids is 1. The molecule has 0 bridgehead atoms. The lowest BCUT2D eigenvalue weighted by Crippen LogP contribution is -2.44.